The summed E-state index contributed by atoms with van der Waals surface area (Å²) in [7, 11) is 0. The molecule has 0 aromatic rings. The molecule has 2 aliphatic heterocycles. The van der Waals surface area contributed by atoms with Crippen molar-refractivity contribution in [1.29, 1.82) is 0 Å². The van der Waals surface area contributed by atoms with Crippen LogP contribution in [-0.4, -0.2) is 89.7 Å². The summed E-state index contributed by atoms with van der Waals surface area (Å²) in [6.45, 7) is 11.7. The zero-order valence-electron chi connectivity index (χ0n) is 18.0. The average Bonchev–Trinajstić information content (AvgIpc) is 2.95. The molecule has 2 N–H and O–H groups in total. The lowest BCUT2D eigenvalue weighted by Crippen LogP contribution is -2.53. The molecule has 7 heteroatoms. The number of amides is 2. The highest BCUT2D eigenvalue weighted by Gasteiger charge is 2.28. The summed E-state index contributed by atoms with van der Waals surface area (Å²) in [5.74, 6) is -0.270. The van der Waals surface area contributed by atoms with E-state index in [9.17, 15) is 9.59 Å². The van der Waals surface area contributed by atoms with E-state index in [4.69, 9.17) is 5.11 Å². The van der Waals surface area contributed by atoms with Gasteiger partial charge in [0.2, 0.25) is 0 Å². The van der Waals surface area contributed by atoms with E-state index in [2.05, 4.69) is 24.1 Å². The van der Waals surface area contributed by atoms with Gasteiger partial charge >= 0.3 is 12.0 Å². The molecule has 1 unspecified atom stereocenters. The number of piperidine rings is 1. The van der Waals surface area contributed by atoms with Crippen molar-refractivity contribution in [2.45, 2.75) is 71.4 Å². The van der Waals surface area contributed by atoms with E-state index in [-0.39, 0.29) is 18.6 Å². The van der Waals surface area contributed by atoms with Crippen LogP contribution in [0.15, 0.2) is 0 Å². The van der Waals surface area contributed by atoms with Crippen LogP contribution >= 0.6 is 0 Å². The lowest BCUT2D eigenvalue weighted by Gasteiger charge is -2.38. The predicted molar refractivity (Wildman–Crippen MR) is 112 cm³/mol. The fourth-order valence-electron chi connectivity index (χ4n) is 4.62. The van der Waals surface area contributed by atoms with E-state index in [1.807, 2.05) is 16.7 Å². The van der Waals surface area contributed by atoms with Gasteiger partial charge in [-0.1, -0.05) is 33.6 Å². The molecular weight excluding hydrogens is 356 g/mol. The molecule has 2 aliphatic rings. The van der Waals surface area contributed by atoms with Crippen LogP contribution in [0.2, 0.25) is 0 Å². The minimum absolute atomic E-state index is 0.0280. The maximum atomic E-state index is 12.7. The van der Waals surface area contributed by atoms with Gasteiger partial charge in [0, 0.05) is 31.7 Å². The number of hydrogen-bond acceptors (Lipinski definition) is 4. The van der Waals surface area contributed by atoms with Gasteiger partial charge in [-0.15, -0.1) is 0 Å². The molecule has 0 aliphatic carbocycles. The fraction of sp³-hybridized carbons (Fsp3) is 0.905. The standard InChI is InChI=1S/C21H40N4O3/c1-4-23(16-20(26)27)18-9-13-25(14-10-18)21(28)22-15-19(17(2)3)24-11-7-5-6-8-12-24/h17-19H,4-16H2,1-3H3,(H,22,28)(H,26,27). The van der Waals surface area contributed by atoms with Crippen LogP contribution in [-0.2, 0) is 4.79 Å². The Kier molecular flexibility index (Phi) is 9.51. The Morgan fingerprint density at radius 2 is 1.68 bits per heavy atom. The molecule has 0 bridgehead atoms. The first-order chi connectivity index (χ1) is 13.4. The molecule has 2 amide bonds. The molecule has 1 atom stereocenters. The maximum absolute atomic E-state index is 12.7. The van der Waals surface area contributed by atoms with Crippen LogP contribution in [0.25, 0.3) is 0 Å². The minimum atomic E-state index is -0.782. The van der Waals surface area contributed by atoms with Crippen LogP contribution in [0.5, 0.6) is 0 Å². The number of nitrogens with zero attached hydrogens (tertiary/aromatic N) is 3. The Morgan fingerprint density at radius 1 is 1.07 bits per heavy atom. The van der Waals surface area contributed by atoms with Crippen LogP contribution in [0, 0.1) is 5.92 Å². The van der Waals surface area contributed by atoms with E-state index in [0.29, 0.717) is 31.6 Å². The third-order valence-corrected chi connectivity index (χ3v) is 6.35. The maximum Gasteiger partial charge on any atom is 0.317 e. The van der Waals surface area contributed by atoms with E-state index in [1.54, 1.807) is 0 Å². The molecule has 7 nitrogen and oxygen atoms in total. The third kappa shape index (κ3) is 6.92. The Bertz CT molecular complexity index is 484. The minimum Gasteiger partial charge on any atom is -0.480 e. The Morgan fingerprint density at radius 3 is 2.18 bits per heavy atom. The number of nitrogens with one attached hydrogen (secondary N) is 1. The first-order valence-corrected chi connectivity index (χ1v) is 11.1. The molecule has 2 rings (SSSR count). The van der Waals surface area contributed by atoms with Crippen LogP contribution in [0.4, 0.5) is 4.79 Å². The highest BCUT2D eigenvalue weighted by molar-refractivity contribution is 5.74. The lowest BCUT2D eigenvalue weighted by molar-refractivity contribution is -0.139. The van der Waals surface area contributed by atoms with Gasteiger partial charge < -0.3 is 15.3 Å². The van der Waals surface area contributed by atoms with E-state index in [1.165, 1.54) is 25.7 Å². The van der Waals surface area contributed by atoms with Gasteiger partial charge in [-0.05, 0) is 51.2 Å². The average molecular weight is 397 g/mol. The monoisotopic (exact) mass is 396 g/mol. The largest absolute Gasteiger partial charge is 0.480 e. The van der Waals surface area contributed by atoms with E-state index < -0.39 is 5.97 Å². The molecular formula is C21H40N4O3. The van der Waals surface area contributed by atoms with Crippen LogP contribution < -0.4 is 5.32 Å². The molecule has 28 heavy (non-hydrogen) atoms. The molecule has 2 heterocycles. The van der Waals surface area contributed by atoms with Crippen molar-refractivity contribution in [3.8, 4) is 0 Å². The van der Waals surface area contributed by atoms with Crippen molar-refractivity contribution in [2.75, 3.05) is 45.8 Å². The molecule has 2 saturated heterocycles. The number of carboxylic acids is 1. The molecule has 0 radical (unpaired) electrons. The van der Waals surface area contributed by atoms with Crippen LogP contribution in [0.3, 0.4) is 0 Å². The van der Waals surface area contributed by atoms with Crippen molar-refractivity contribution < 1.29 is 14.7 Å². The predicted octanol–water partition coefficient (Wildman–Crippen LogP) is 2.47. The number of carbonyl (C=O) groups is 2. The van der Waals surface area contributed by atoms with E-state index in [0.717, 1.165) is 32.5 Å². The topological polar surface area (TPSA) is 76.1 Å². The quantitative estimate of drug-likeness (QED) is 0.659. The third-order valence-electron chi connectivity index (χ3n) is 6.35. The molecule has 0 saturated carbocycles. The Hall–Kier alpha value is -1.34. The van der Waals surface area contributed by atoms with E-state index >= 15 is 0 Å². The van der Waals surface area contributed by atoms with Gasteiger partial charge in [-0.2, -0.15) is 0 Å². The highest BCUT2D eigenvalue weighted by Crippen LogP contribution is 2.18. The number of aliphatic carboxylic acids is 1. The second kappa shape index (κ2) is 11.6. The number of carboxylic acid groups (broad SMARTS) is 1. The second-order valence-corrected chi connectivity index (χ2v) is 8.62. The molecule has 0 aromatic carbocycles. The Balaban J connectivity index is 1.80. The Labute approximate surface area is 170 Å². The van der Waals surface area contributed by atoms with Gasteiger partial charge in [-0.3, -0.25) is 14.6 Å². The number of rotatable bonds is 8. The number of likely N-dealkylation sites (N-methyl/N-ethyl adjacent to an activating group) is 1. The lowest BCUT2D eigenvalue weighted by atomic mass is 10.0. The fourth-order valence-corrected chi connectivity index (χ4v) is 4.62. The molecule has 0 aromatic heterocycles. The first kappa shape index (κ1) is 22.9. The number of likely N-dealkylation sites (tertiary alicyclic amines) is 2. The van der Waals surface area contributed by atoms with Crippen molar-refractivity contribution >= 4 is 12.0 Å². The normalized spacial score (nSPS) is 21.0. The van der Waals surface area contributed by atoms with Crippen molar-refractivity contribution in [1.82, 2.24) is 20.0 Å². The summed E-state index contributed by atoms with van der Waals surface area (Å²) in [4.78, 5) is 30.2. The summed E-state index contributed by atoms with van der Waals surface area (Å²) >= 11 is 0. The van der Waals surface area contributed by atoms with Crippen LogP contribution in [0.1, 0.15) is 59.3 Å². The van der Waals surface area contributed by atoms with Crippen molar-refractivity contribution in [2.24, 2.45) is 5.92 Å². The van der Waals surface area contributed by atoms with Crippen molar-refractivity contribution in [3.05, 3.63) is 0 Å². The van der Waals surface area contributed by atoms with Crippen molar-refractivity contribution in [3.63, 3.8) is 0 Å². The van der Waals surface area contributed by atoms with Gasteiger partial charge in [0.25, 0.3) is 0 Å². The van der Waals surface area contributed by atoms with Gasteiger partial charge in [0.05, 0.1) is 6.54 Å². The number of hydrogen-bond donors (Lipinski definition) is 2. The second-order valence-electron chi connectivity index (χ2n) is 8.62. The SMILES string of the molecule is CCN(CC(=O)O)C1CCN(C(=O)NCC(C(C)C)N2CCCCCC2)CC1. The molecule has 0 spiro atoms. The number of carbonyl (C=O) groups excluding carboxylic acids is 1. The summed E-state index contributed by atoms with van der Waals surface area (Å²) in [5.41, 5.74) is 0. The summed E-state index contributed by atoms with van der Waals surface area (Å²) in [6, 6.07) is 0.677. The highest BCUT2D eigenvalue weighted by atomic mass is 16.4. The first-order valence-electron chi connectivity index (χ1n) is 11.1. The van der Waals surface area contributed by atoms with Gasteiger partial charge in [0.1, 0.15) is 0 Å². The van der Waals surface area contributed by atoms with Gasteiger partial charge in [-0.25, -0.2) is 4.79 Å². The zero-order chi connectivity index (χ0) is 20.5. The number of urea groups is 1. The smallest absolute Gasteiger partial charge is 0.317 e. The summed E-state index contributed by atoms with van der Waals surface area (Å²) < 4.78 is 0. The zero-order valence-corrected chi connectivity index (χ0v) is 18.0. The summed E-state index contributed by atoms with van der Waals surface area (Å²) in [5, 5.41) is 12.2. The van der Waals surface area contributed by atoms with Gasteiger partial charge in [0.15, 0.2) is 0 Å². The molecule has 2 fully saturated rings. The summed E-state index contributed by atoms with van der Waals surface area (Å²) in [6.07, 6.45) is 6.84. The molecule has 162 valence electrons.